The van der Waals surface area contributed by atoms with Crippen LogP contribution in [0.4, 0.5) is 0 Å². The number of thioether (sulfide) groups is 1. The Labute approximate surface area is 152 Å². The molecule has 1 saturated heterocycles. The van der Waals surface area contributed by atoms with Crippen molar-refractivity contribution in [2.75, 3.05) is 18.8 Å². The van der Waals surface area contributed by atoms with Crippen molar-refractivity contribution in [2.45, 2.75) is 50.2 Å². The quantitative estimate of drug-likeness (QED) is 0.792. The van der Waals surface area contributed by atoms with Crippen molar-refractivity contribution in [3.63, 3.8) is 0 Å². The minimum atomic E-state index is -0.0936. The SMILES string of the molecule is CC1(C)Cc2ccccc2-c2nnc(SCC(=O)N3CCCCC3)n21. The molecule has 5 nitrogen and oxygen atoms in total. The van der Waals surface area contributed by atoms with Crippen LogP contribution in [-0.2, 0) is 16.8 Å². The van der Waals surface area contributed by atoms with Crippen molar-refractivity contribution < 1.29 is 4.79 Å². The summed E-state index contributed by atoms with van der Waals surface area (Å²) in [6.45, 7) is 6.23. The van der Waals surface area contributed by atoms with Crippen LogP contribution in [0.25, 0.3) is 11.4 Å². The van der Waals surface area contributed by atoms with Crippen molar-refractivity contribution >= 4 is 17.7 Å². The fourth-order valence-corrected chi connectivity index (χ4v) is 4.88. The third-order valence-corrected chi connectivity index (χ3v) is 6.07. The molecule has 1 fully saturated rings. The van der Waals surface area contributed by atoms with Crippen LogP contribution < -0.4 is 0 Å². The molecule has 0 aliphatic carbocycles. The molecule has 1 aromatic heterocycles. The van der Waals surface area contributed by atoms with E-state index in [0.717, 1.165) is 48.9 Å². The minimum absolute atomic E-state index is 0.0936. The molecule has 6 heteroatoms. The molecule has 1 aromatic carbocycles. The standard InChI is InChI=1S/C19H24N4OS/c1-19(2)12-14-8-4-5-9-15(14)17-20-21-18(23(17)19)25-13-16(24)22-10-6-3-7-11-22/h4-5,8-9H,3,6-7,10-13H2,1-2H3. The molecule has 0 unspecified atom stereocenters. The van der Waals surface area contributed by atoms with Crippen molar-refractivity contribution in [1.29, 1.82) is 0 Å². The number of piperidine rings is 1. The number of benzene rings is 1. The van der Waals surface area contributed by atoms with Gasteiger partial charge in [-0.3, -0.25) is 9.36 Å². The van der Waals surface area contributed by atoms with E-state index in [1.807, 2.05) is 11.0 Å². The predicted octanol–water partition coefficient (Wildman–Crippen LogP) is 3.34. The minimum Gasteiger partial charge on any atom is -0.342 e. The first kappa shape index (κ1) is 16.6. The first-order valence-electron chi connectivity index (χ1n) is 9.01. The summed E-state index contributed by atoms with van der Waals surface area (Å²) < 4.78 is 2.21. The average Bonchev–Trinajstić information content (AvgIpc) is 3.06. The first-order valence-corrected chi connectivity index (χ1v) is 9.99. The smallest absolute Gasteiger partial charge is 0.233 e. The van der Waals surface area contributed by atoms with Crippen LogP contribution in [0.1, 0.15) is 38.7 Å². The lowest BCUT2D eigenvalue weighted by molar-refractivity contribution is -0.129. The molecule has 3 heterocycles. The summed E-state index contributed by atoms with van der Waals surface area (Å²) in [4.78, 5) is 14.5. The molecule has 4 rings (SSSR count). The molecule has 2 aromatic rings. The van der Waals surface area contributed by atoms with Gasteiger partial charge >= 0.3 is 0 Å². The van der Waals surface area contributed by atoms with Crippen molar-refractivity contribution in [3.05, 3.63) is 29.8 Å². The second-order valence-electron chi connectivity index (χ2n) is 7.52. The van der Waals surface area contributed by atoms with Gasteiger partial charge in [-0.15, -0.1) is 10.2 Å². The van der Waals surface area contributed by atoms with Gasteiger partial charge in [-0.25, -0.2) is 0 Å². The van der Waals surface area contributed by atoms with E-state index in [0.29, 0.717) is 5.75 Å². The van der Waals surface area contributed by atoms with E-state index in [-0.39, 0.29) is 11.4 Å². The number of aromatic nitrogens is 3. The summed E-state index contributed by atoms with van der Waals surface area (Å²) in [6, 6.07) is 8.40. The van der Waals surface area contributed by atoms with E-state index in [2.05, 4.69) is 46.8 Å². The van der Waals surface area contributed by atoms with Crippen LogP contribution >= 0.6 is 11.8 Å². The highest BCUT2D eigenvalue weighted by Gasteiger charge is 2.34. The molecule has 1 amide bonds. The van der Waals surface area contributed by atoms with Gasteiger partial charge in [0.1, 0.15) is 0 Å². The lowest BCUT2D eigenvalue weighted by atomic mass is 9.87. The number of rotatable bonds is 3. The lowest BCUT2D eigenvalue weighted by Crippen LogP contribution is -2.37. The van der Waals surface area contributed by atoms with Crippen LogP contribution in [0.2, 0.25) is 0 Å². The maximum Gasteiger partial charge on any atom is 0.233 e. The molecule has 2 aliphatic heterocycles. The highest BCUT2D eigenvalue weighted by Crippen LogP contribution is 2.39. The third kappa shape index (κ3) is 3.08. The highest BCUT2D eigenvalue weighted by atomic mass is 32.2. The number of amides is 1. The Hall–Kier alpha value is -1.82. The van der Waals surface area contributed by atoms with Gasteiger partial charge in [0.2, 0.25) is 5.91 Å². The summed E-state index contributed by atoms with van der Waals surface area (Å²) in [5.74, 6) is 1.58. The number of fused-ring (bicyclic) bond motifs is 3. The molecular formula is C19H24N4OS. The molecule has 0 atom stereocenters. The maximum atomic E-state index is 12.5. The van der Waals surface area contributed by atoms with Gasteiger partial charge in [-0.2, -0.15) is 0 Å². The molecule has 0 N–H and O–H groups in total. The Morgan fingerprint density at radius 1 is 1.16 bits per heavy atom. The Balaban J connectivity index is 1.57. The maximum absolute atomic E-state index is 12.5. The Morgan fingerprint density at radius 2 is 1.92 bits per heavy atom. The van der Waals surface area contributed by atoms with Gasteiger partial charge in [0.05, 0.1) is 5.75 Å². The molecule has 0 bridgehead atoms. The van der Waals surface area contributed by atoms with Gasteiger partial charge in [0.25, 0.3) is 0 Å². The Bertz CT molecular complexity index is 792. The Morgan fingerprint density at radius 3 is 2.72 bits per heavy atom. The monoisotopic (exact) mass is 356 g/mol. The summed E-state index contributed by atoms with van der Waals surface area (Å²) in [7, 11) is 0. The fraction of sp³-hybridized carbons (Fsp3) is 0.526. The topological polar surface area (TPSA) is 51.0 Å². The van der Waals surface area contributed by atoms with Crippen LogP contribution in [0.15, 0.2) is 29.4 Å². The molecule has 2 aliphatic rings. The zero-order valence-electron chi connectivity index (χ0n) is 14.9. The van der Waals surface area contributed by atoms with E-state index < -0.39 is 0 Å². The molecule has 0 radical (unpaired) electrons. The first-order chi connectivity index (χ1) is 12.1. The summed E-state index contributed by atoms with van der Waals surface area (Å²) >= 11 is 1.52. The fourth-order valence-electron chi connectivity index (χ4n) is 3.88. The number of hydrogen-bond donors (Lipinski definition) is 0. The van der Waals surface area contributed by atoms with E-state index in [4.69, 9.17) is 0 Å². The molecule has 25 heavy (non-hydrogen) atoms. The van der Waals surface area contributed by atoms with E-state index >= 15 is 0 Å². The van der Waals surface area contributed by atoms with Gasteiger partial charge in [0.15, 0.2) is 11.0 Å². The predicted molar refractivity (Wildman–Crippen MR) is 99.6 cm³/mol. The number of likely N-dealkylation sites (tertiary alicyclic amines) is 1. The lowest BCUT2D eigenvalue weighted by Gasteiger charge is -2.34. The zero-order valence-corrected chi connectivity index (χ0v) is 15.7. The second kappa shape index (κ2) is 6.48. The van der Waals surface area contributed by atoms with Crippen molar-refractivity contribution in [1.82, 2.24) is 19.7 Å². The summed E-state index contributed by atoms with van der Waals surface area (Å²) in [5, 5.41) is 9.71. The van der Waals surface area contributed by atoms with Gasteiger partial charge < -0.3 is 4.90 Å². The molecule has 0 spiro atoms. The van der Waals surface area contributed by atoms with Crippen LogP contribution in [0.3, 0.4) is 0 Å². The van der Waals surface area contributed by atoms with Crippen LogP contribution in [-0.4, -0.2) is 44.4 Å². The largest absolute Gasteiger partial charge is 0.342 e. The summed E-state index contributed by atoms with van der Waals surface area (Å²) in [6.07, 6.45) is 4.44. The average molecular weight is 356 g/mol. The van der Waals surface area contributed by atoms with Crippen LogP contribution in [0, 0.1) is 0 Å². The van der Waals surface area contributed by atoms with Crippen molar-refractivity contribution in [2.24, 2.45) is 0 Å². The van der Waals surface area contributed by atoms with Crippen LogP contribution in [0.5, 0.6) is 0 Å². The Kier molecular flexibility index (Phi) is 4.31. The van der Waals surface area contributed by atoms with Gasteiger partial charge in [-0.05, 0) is 45.1 Å². The van der Waals surface area contributed by atoms with Gasteiger partial charge in [0, 0.05) is 24.2 Å². The molecule has 0 saturated carbocycles. The third-order valence-electron chi connectivity index (χ3n) is 5.15. The number of carbonyl (C=O) groups is 1. The normalized spacial score (nSPS) is 18.6. The van der Waals surface area contributed by atoms with E-state index in [1.54, 1.807) is 0 Å². The molecular weight excluding hydrogens is 332 g/mol. The number of hydrogen-bond acceptors (Lipinski definition) is 4. The highest BCUT2D eigenvalue weighted by molar-refractivity contribution is 7.99. The van der Waals surface area contributed by atoms with E-state index in [9.17, 15) is 4.79 Å². The zero-order chi connectivity index (χ0) is 17.4. The number of carbonyl (C=O) groups excluding carboxylic acids is 1. The summed E-state index contributed by atoms with van der Waals surface area (Å²) in [5.41, 5.74) is 2.38. The number of nitrogens with zero attached hydrogens (tertiary/aromatic N) is 4. The second-order valence-corrected chi connectivity index (χ2v) is 8.46. The van der Waals surface area contributed by atoms with Crippen molar-refractivity contribution in [3.8, 4) is 11.4 Å². The van der Waals surface area contributed by atoms with E-state index in [1.165, 1.54) is 23.7 Å². The molecule has 132 valence electrons. The van der Waals surface area contributed by atoms with Gasteiger partial charge in [-0.1, -0.05) is 36.0 Å².